The lowest BCUT2D eigenvalue weighted by Gasteiger charge is -2.26. The molecular weight excluding hydrogens is 354 g/mol. The molecule has 0 bridgehead atoms. The first-order chi connectivity index (χ1) is 13.6. The molecule has 7 nitrogen and oxygen atoms in total. The number of ether oxygens (including phenoxy) is 1. The van der Waals surface area contributed by atoms with Crippen molar-refractivity contribution in [3.63, 3.8) is 0 Å². The van der Waals surface area contributed by atoms with Gasteiger partial charge in [0.05, 0.1) is 20.2 Å². The number of carbonyl (C=O) groups is 1. The highest BCUT2D eigenvalue weighted by molar-refractivity contribution is 5.86. The number of benzene rings is 1. The van der Waals surface area contributed by atoms with Crippen molar-refractivity contribution in [3.05, 3.63) is 42.0 Å². The fraction of sp³-hybridized carbons (Fsp3) is 0.524. The second-order valence-electron chi connectivity index (χ2n) is 7.44. The Balaban J connectivity index is 1.66. The van der Waals surface area contributed by atoms with Gasteiger partial charge in [-0.25, -0.2) is 4.99 Å². The van der Waals surface area contributed by atoms with Gasteiger partial charge in [0.15, 0.2) is 5.96 Å². The van der Waals surface area contributed by atoms with Gasteiger partial charge in [0.25, 0.3) is 0 Å². The van der Waals surface area contributed by atoms with Crippen molar-refractivity contribution < 1.29 is 9.53 Å². The molecule has 1 aromatic carbocycles. The van der Waals surface area contributed by atoms with Crippen molar-refractivity contribution in [1.82, 2.24) is 20.0 Å². The van der Waals surface area contributed by atoms with Gasteiger partial charge in [-0.3, -0.25) is 9.69 Å². The second-order valence-corrected chi connectivity index (χ2v) is 7.44. The van der Waals surface area contributed by atoms with E-state index in [-0.39, 0.29) is 12.5 Å². The molecule has 0 spiro atoms. The van der Waals surface area contributed by atoms with E-state index in [4.69, 9.17) is 9.73 Å². The van der Waals surface area contributed by atoms with E-state index >= 15 is 0 Å². The SMILES string of the molecule is COc1ccc(CN=C(NCC(=O)N(C)C)N2CCC(N3CC=CC3)C2)cc1. The van der Waals surface area contributed by atoms with Gasteiger partial charge in [-0.05, 0) is 24.1 Å². The monoisotopic (exact) mass is 385 g/mol. The number of carbonyl (C=O) groups excluding carboxylic acids is 1. The maximum atomic E-state index is 12.0. The van der Waals surface area contributed by atoms with Crippen LogP contribution in [0, 0.1) is 0 Å². The van der Waals surface area contributed by atoms with E-state index in [1.54, 1.807) is 26.1 Å². The molecule has 7 heteroatoms. The number of likely N-dealkylation sites (tertiary alicyclic amines) is 1. The molecule has 0 saturated carbocycles. The van der Waals surface area contributed by atoms with Crippen LogP contribution in [-0.4, -0.2) is 86.5 Å². The summed E-state index contributed by atoms with van der Waals surface area (Å²) in [7, 11) is 5.20. The number of nitrogens with one attached hydrogen (secondary N) is 1. The molecule has 1 amide bonds. The lowest BCUT2D eigenvalue weighted by Crippen LogP contribution is -2.46. The first-order valence-corrected chi connectivity index (χ1v) is 9.82. The summed E-state index contributed by atoms with van der Waals surface area (Å²) in [6, 6.07) is 8.47. The van der Waals surface area contributed by atoms with Crippen LogP contribution in [0.15, 0.2) is 41.4 Å². The third kappa shape index (κ3) is 5.25. The van der Waals surface area contributed by atoms with Gasteiger partial charge in [0, 0.05) is 46.3 Å². The molecule has 28 heavy (non-hydrogen) atoms. The summed E-state index contributed by atoms with van der Waals surface area (Å²) in [5, 5.41) is 3.27. The predicted molar refractivity (Wildman–Crippen MR) is 112 cm³/mol. The van der Waals surface area contributed by atoms with Crippen molar-refractivity contribution in [1.29, 1.82) is 0 Å². The maximum absolute atomic E-state index is 12.0. The van der Waals surface area contributed by atoms with Crippen LogP contribution in [0.2, 0.25) is 0 Å². The van der Waals surface area contributed by atoms with Crippen molar-refractivity contribution >= 4 is 11.9 Å². The predicted octanol–water partition coefficient (Wildman–Crippen LogP) is 1.18. The van der Waals surface area contributed by atoms with Crippen molar-refractivity contribution in [2.75, 3.05) is 53.9 Å². The number of nitrogens with zero attached hydrogens (tertiary/aromatic N) is 4. The van der Waals surface area contributed by atoms with E-state index in [1.165, 1.54) is 0 Å². The Labute approximate surface area is 167 Å². The molecule has 1 saturated heterocycles. The Morgan fingerprint density at radius 2 is 1.96 bits per heavy atom. The summed E-state index contributed by atoms with van der Waals surface area (Å²) in [5.41, 5.74) is 1.11. The molecule has 2 aliphatic rings. The summed E-state index contributed by atoms with van der Waals surface area (Å²) in [5.74, 6) is 1.68. The molecular formula is C21H31N5O2. The molecule has 1 atom stereocenters. The molecule has 0 aliphatic carbocycles. The molecule has 2 aliphatic heterocycles. The van der Waals surface area contributed by atoms with Crippen LogP contribution in [0.3, 0.4) is 0 Å². The second kappa shape index (κ2) is 9.59. The fourth-order valence-corrected chi connectivity index (χ4v) is 3.50. The number of likely N-dealkylation sites (N-methyl/N-ethyl adjacent to an activating group) is 1. The standard InChI is InChI=1S/C21H31N5O2/c1-24(2)20(27)15-23-21(22-14-17-6-8-19(28-3)9-7-17)26-13-10-18(16-26)25-11-4-5-12-25/h4-9,18H,10-16H2,1-3H3,(H,22,23). The molecule has 1 fully saturated rings. The van der Waals surface area contributed by atoms with Gasteiger partial charge in [-0.1, -0.05) is 24.3 Å². The average molecular weight is 386 g/mol. The van der Waals surface area contributed by atoms with Crippen molar-refractivity contribution in [2.45, 2.75) is 19.0 Å². The molecule has 1 N–H and O–H groups in total. The van der Waals surface area contributed by atoms with Crippen molar-refractivity contribution in [2.24, 2.45) is 4.99 Å². The minimum Gasteiger partial charge on any atom is -0.497 e. The third-order valence-corrected chi connectivity index (χ3v) is 5.29. The summed E-state index contributed by atoms with van der Waals surface area (Å²) < 4.78 is 5.22. The third-order valence-electron chi connectivity index (χ3n) is 5.29. The highest BCUT2D eigenvalue weighted by atomic mass is 16.5. The zero-order valence-corrected chi connectivity index (χ0v) is 17.1. The van der Waals surface area contributed by atoms with Gasteiger partial charge in [-0.15, -0.1) is 0 Å². The summed E-state index contributed by atoms with van der Waals surface area (Å²) in [6.45, 7) is 4.76. The Kier molecular flexibility index (Phi) is 6.92. The molecule has 0 radical (unpaired) electrons. The molecule has 152 valence electrons. The zero-order chi connectivity index (χ0) is 19.9. The van der Waals surface area contributed by atoms with Crippen LogP contribution in [0.5, 0.6) is 5.75 Å². The molecule has 0 aromatic heterocycles. The van der Waals surface area contributed by atoms with E-state index in [1.807, 2.05) is 24.3 Å². The Bertz CT molecular complexity index is 706. The summed E-state index contributed by atoms with van der Waals surface area (Å²) in [6.07, 6.45) is 5.58. The number of amides is 1. The Hall–Kier alpha value is -2.54. The van der Waals surface area contributed by atoms with Crippen molar-refractivity contribution in [3.8, 4) is 5.75 Å². The minimum atomic E-state index is 0.0386. The summed E-state index contributed by atoms with van der Waals surface area (Å²) in [4.78, 5) is 23.2. The van der Waals surface area contributed by atoms with Gasteiger partial charge in [-0.2, -0.15) is 0 Å². The minimum absolute atomic E-state index is 0.0386. The topological polar surface area (TPSA) is 60.4 Å². The Morgan fingerprint density at radius 1 is 1.25 bits per heavy atom. The van der Waals surface area contributed by atoms with E-state index in [9.17, 15) is 4.79 Å². The number of hydrogen-bond donors (Lipinski definition) is 1. The molecule has 2 heterocycles. The number of aliphatic imine (C=N–C) groups is 1. The van der Waals surface area contributed by atoms with E-state index < -0.39 is 0 Å². The van der Waals surface area contributed by atoms with Crippen LogP contribution < -0.4 is 10.1 Å². The normalized spacial score (nSPS) is 19.9. The van der Waals surface area contributed by atoms with E-state index in [2.05, 4.69) is 27.3 Å². The van der Waals surface area contributed by atoms with E-state index in [0.717, 1.165) is 49.9 Å². The van der Waals surface area contributed by atoms with Crippen LogP contribution in [0.25, 0.3) is 0 Å². The smallest absolute Gasteiger partial charge is 0.241 e. The lowest BCUT2D eigenvalue weighted by atomic mass is 10.2. The average Bonchev–Trinajstić information content (AvgIpc) is 3.40. The first-order valence-electron chi connectivity index (χ1n) is 9.82. The Morgan fingerprint density at radius 3 is 2.61 bits per heavy atom. The van der Waals surface area contributed by atoms with E-state index in [0.29, 0.717) is 12.6 Å². The van der Waals surface area contributed by atoms with Crippen LogP contribution in [-0.2, 0) is 11.3 Å². The largest absolute Gasteiger partial charge is 0.497 e. The quantitative estimate of drug-likeness (QED) is 0.453. The highest BCUT2D eigenvalue weighted by Crippen LogP contribution is 2.18. The lowest BCUT2D eigenvalue weighted by molar-refractivity contribution is -0.127. The van der Waals surface area contributed by atoms with Crippen LogP contribution in [0.1, 0.15) is 12.0 Å². The molecule has 1 aromatic rings. The van der Waals surface area contributed by atoms with Gasteiger partial charge in [0.2, 0.25) is 5.91 Å². The van der Waals surface area contributed by atoms with Gasteiger partial charge < -0.3 is 19.9 Å². The van der Waals surface area contributed by atoms with Gasteiger partial charge in [0.1, 0.15) is 5.75 Å². The number of guanidine groups is 1. The van der Waals surface area contributed by atoms with Gasteiger partial charge >= 0.3 is 0 Å². The number of rotatable bonds is 6. The molecule has 3 rings (SSSR count). The first kappa shape index (κ1) is 20.2. The molecule has 1 unspecified atom stereocenters. The number of hydrogen-bond acceptors (Lipinski definition) is 4. The van der Waals surface area contributed by atoms with Crippen LogP contribution >= 0.6 is 0 Å². The fourth-order valence-electron chi connectivity index (χ4n) is 3.50. The zero-order valence-electron chi connectivity index (χ0n) is 17.1. The number of methoxy groups -OCH3 is 1. The highest BCUT2D eigenvalue weighted by Gasteiger charge is 2.29. The van der Waals surface area contributed by atoms with Crippen LogP contribution in [0.4, 0.5) is 0 Å². The summed E-state index contributed by atoms with van der Waals surface area (Å²) >= 11 is 0. The maximum Gasteiger partial charge on any atom is 0.241 e.